The van der Waals surface area contributed by atoms with Crippen LogP contribution in [0.5, 0.6) is 0 Å². The molecule has 0 atom stereocenters. The van der Waals surface area contributed by atoms with Crippen molar-refractivity contribution < 1.29 is 18.7 Å². The van der Waals surface area contributed by atoms with Crippen LogP contribution >= 0.6 is 15.9 Å². The molecule has 0 spiro atoms. The summed E-state index contributed by atoms with van der Waals surface area (Å²) < 4.78 is 27.6. The van der Waals surface area contributed by atoms with Crippen LogP contribution in [-0.2, 0) is 0 Å². The van der Waals surface area contributed by atoms with Crippen LogP contribution in [0.1, 0.15) is 10.4 Å². The molecule has 92 valence electrons. The number of aromatic carboxylic acids is 1. The molecule has 0 amide bonds. The largest absolute Gasteiger partial charge is 0.478 e. The minimum absolute atomic E-state index is 0.145. The molecule has 0 aliphatic carbocycles. The Morgan fingerprint density at radius 3 is 2.50 bits per heavy atom. The van der Waals surface area contributed by atoms with Gasteiger partial charge in [-0.15, -0.1) is 0 Å². The molecule has 0 aliphatic heterocycles. The van der Waals surface area contributed by atoms with Crippen LogP contribution in [0, 0.1) is 11.6 Å². The molecule has 0 heterocycles. The van der Waals surface area contributed by atoms with Crippen molar-refractivity contribution in [2.24, 2.45) is 0 Å². The first-order valence-corrected chi connectivity index (χ1v) is 5.76. The van der Waals surface area contributed by atoms with Crippen LogP contribution in [0.3, 0.4) is 0 Å². The van der Waals surface area contributed by atoms with Crippen molar-refractivity contribution >= 4 is 21.9 Å². The van der Waals surface area contributed by atoms with E-state index in [0.29, 0.717) is 4.47 Å². The van der Waals surface area contributed by atoms with E-state index in [4.69, 9.17) is 5.11 Å². The predicted molar refractivity (Wildman–Crippen MR) is 66.5 cm³/mol. The number of rotatable bonds is 2. The smallest absolute Gasteiger partial charge is 0.335 e. The molecule has 0 saturated heterocycles. The molecule has 2 nitrogen and oxygen atoms in total. The van der Waals surface area contributed by atoms with Crippen LogP contribution < -0.4 is 0 Å². The molecule has 0 aliphatic rings. The summed E-state index contributed by atoms with van der Waals surface area (Å²) in [5, 5.41) is 8.83. The van der Waals surface area contributed by atoms with Gasteiger partial charge in [-0.3, -0.25) is 0 Å². The minimum Gasteiger partial charge on any atom is -0.478 e. The summed E-state index contributed by atoms with van der Waals surface area (Å²) in [7, 11) is 0. The molecular formula is C13H7BrF2O2. The van der Waals surface area contributed by atoms with Crippen molar-refractivity contribution in [3.05, 3.63) is 58.1 Å². The molecule has 0 bridgehead atoms. The number of halogens is 3. The van der Waals surface area contributed by atoms with Gasteiger partial charge < -0.3 is 5.11 Å². The molecule has 0 saturated carbocycles. The zero-order chi connectivity index (χ0) is 13.3. The first-order valence-electron chi connectivity index (χ1n) is 4.96. The highest BCUT2D eigenvalue weighted by Crippen LogP contribution is 2.27. The Morgan fingerprint density at radius 2 is 1.83 bits per heavy atom. The highest BCUT2D eigenvalue weighted by molar-refractivity contribution is 9.10. The van der Waals surface area contributed by atoms with Crippen LogP contribution in [0.15, 0.2) is 40.9 Å². The Kier molecular flexibility index (Phi) is 3.43. The topological polar surface area (TPSA) is 37.3 Å². The molecule has 0 fully saturated rings. The summed E-state index contributed by atoms with van der Waals surface area (Å²) in [4.78, 5) is 10.8. The fourth-order valence-electron chi connectivity index (χ4n) is 1.59. The molecule has 0 unspecified atom stereocenters. The Labute approximate surface area is 110 Å². The van der Waals surface area contributed by atoms with Crippen molar-refractivity contribution in [3.8, 4) is 11.1 Å². The van der Waals surface area contributed by atoms with Crippen molar-refractivity contribution in [1.82, 2.24) is 0 Å². The van der Waals surface area contributed by atoms with Crippen molar-refractivity contribution in [2.75, 3.05) is 0 Å². The van der Waals surface area contributed by atoms with Crippen molar-refractivity contribution in [2.45, 2.75) is 0 Å². The van der Waals surface area contributed by atoms with Crippen molar-refractivity contribution in [1.29, 1.82) is 0 Å². The van der Waals surface area contributed by atoms with E-state index in [1.165, 1.54) is 24.3 Å². The number of carbonyl (C=O) groups is 1. The average molecular weight is 313 g/mol. The summed E-state index contributed by atoms with van der Waals surface area (Å²) in [5.74, 6) is -2.52. The molecule has 2 rings (SSSR count). The van der Waals surface area contributed by atoms with E-state index in [-0.39, 0.29) is 16.7 Å². The van der Waals surface area contributed by atoms with Crippen LogP contribution in [-0.4, -0.2) is 11.1 Å². The Balaban J connectivity index is 2.63. The molecule has 1 N–H and O–H groups in total. The lowest BCUT2D eigenvalue weighted by atomic mass is 10.0. The lowest BCUT2D eigenvalue weighted by Gasteiger charge is -2.06. The first-order chi connectivity index (χ1) is 8.47. The van der Waals surface area contributed by atoms with Gasteiger partial charge in [-0.25, -0.2) is 13.6 Å². The van der Waals surface area contributed by atoms with E-state index in [0.717, 1.165) is 12.1 Å². The lowest BCUT2D eigenvalue weighted by Crippen LogP contribution is -1.98. The second-order valence-corrected chi connectivity index (χ2v) is 4.57. The summed E-state index contributed by atoms with van der Waals surface area (Å²) in [6, 6.07) is 7.42. The Morgan fingerprint density at radius 1 is 1.11 bits per heavy atom. The van der Waals surface area contributed by atoms with E-state index in [9.17, 15) is 13.6 Å². The maximum absolute atomic E-state index is 13.6. The van der Waals surface area contributed by atoms with Gasteiger partial charge in [-0.05, 0) is 42.0 Å². The fourth-order valence-corrected chi connectivity index (χ4v) is 1.95. The molecule has 2 aromatic carbocycles. The number of benzene rings is 2. The zero-order valence-corrected chi connectivity index (χ0v) is 10.5. The third-order valence-electron chi connectivity index (χ3n) is 2.38. The van der Waals surface area contributed by atoms with Gasteiger partial charge in [-0.1, -0.05) is 15.9 Å². The molecule has 2 aromatic rings. The standard InChI is InChI=1S/C13H7BrF2O2/c14-9-1-2-12(16)11(6-9)7-3-8(13(17)18)5-10(15)4-7/h1-6H,(H,17,18). The number of carboxylic acid groups (broad SMARTS) is 1. The third kappa shape index (κ3) is 2.56. The summed E-state index contributed by atoms with van der Waals surface area (Å²) >= 11 is 3.18. The van der Waals surface area contributed by atoms with Gasteiger partial charge in [0.1, 0.15) is 11.6 Å². The first kappa shape index (κ1) is 12.7. The Bertz CT molecular complexity index is 626. The fraction of sp³-hybridized carbons (Fsp3) is 0. The molecule has 18 heavy (non-hydrogen) atoms. The van der Waals surface area contributed by atoms with Crippen LogP contribution in [0.4, 0.5) is 8.78 Å². The van der Waals surface area contributed by atoms with Gasteiger partial charge in [-0.2, -0.15) is 0 Å². The molecular weight excluding hydrogens is 306 g/mol. The van der Waals surface area contributed by atoms with E-state index in [1.807, 2.05) is 0 Å². The van der Waals surface area contributed by atoms with Gasteiger partial charge in [0, 0.05) is 10.0 Å². The highest BCUT2D eigenvalue weighted by Gasteiger charge is 2.11. The van der Waals surface area contributed by atoms with Gasteiger partial charge in [0.25, 0.3) is 0 Å². The van der Waals surface area contributed by atoms with Gasteiger partial charge >= 0.3 is 5.97 Å². The second kappa shape index (κ2) is 4.86. The monoisotopic (exact) mass is 312 g/mol. The summed E-state index contributed by atoms with van der Waals surface area (Å²) in [6.07, 6.45) is 0. The normalized spacial score (nSPS) is 10.4. The lowest BCUT2D eigenvalue weighted by molar-refractivity contribution is 0.0696. The zero-order valence-electron chi connectivity index (χ0n) is 8.95. The Hall–Kier alpha value is -1.75. The maximum Gasteiger partial charge on any atom is 0.335 e. The minimum atomic E-state index is -1.26. The maximum atomic E-state index is 13.6. The van der Waals surface area contributed by atoms with E-state index >= 15 is 0 Å². The second-order valence-electron chi connectivity index (χ2n) is 3.66. The van der Waals surface area contributed by atoms with Crippen molar-refractivity contribution in [3.63, 3.8) is 0 Å². The summed E-state index contributed by atoms with van der Waals surface area (Å²) in [5.41, 5.74) is 0.113. The summed E-state index contributed by atoms with van der Waals surface area (Å²) in [6.45, 7) is 0. The van der Waals surface area contributed by atoms with Gasteiger partial charge in [0.15, 0.2) is 0 Å². The van der Waals surface area contributed by atoms with Crippen LogP contribution in [0.2, 0.25) is 0 Å². The third-order valence-corrected chi connectivity index (χ3v) is 2.88. The van der Waals surface area contributed by atoms with E-state index in [1.54, 1.807) is 0 Å². The number of hydrogen-bond donors (Lipinski definition) is 1. The number of hydrogen-bond acceptors (Lipinski definition) is 1. The number of carboxylic acids is 1. The van der Waals surface area contributed by atoms with Crippen LogP contribution in [0.25, 0.3) is 11.1 Å². The quantitative estimate of drug-likeness (QED) is 0.906. The molecule has 0 radical (unpaired) electrons. The van der Waals surface area contributed by atoms with E-state index < -0.39 is 17.6 Å². The highest BCUT2D eigenvalue weighted by atomic mass is 79.9. The van der Waals surface area contributed by atoms with Gasteiger partial charge in [0.05, 0.1) is 5.56 Å². The molecule has 0 aromatic heterocycles. The predicted octanol–water partition coefficient (Wildman–Crippen LogP) is 4.09. The molecule has 5 heteroatoms. The van der Waals surface area contributed by atoms with E-state index in [2.05, 4.69) is 15.9 Å². The SMILES string of the molecule is O=C(O)c1cc(F)cc(-c2cc(Br)ccc2F)c1. The average Bonchev–Trinajstić information content (AvgIpc) is 2.31. The van der Waals surface area contributed by atoms with Gasteiger partial charge in [0.2, 0.25) is 0 Å².